The molecule has 2 fully saturated rings. The minimum absolute atomic E-state index is 0.134. The van der Waals surface area contributed by atoms with Crippen LogP contribution < -0.4 is 5.32 Å². The summed E-state index contributed by atoms with van der Waals surface area (Å²) in [5.41, 5.74) is 0.979. The van der Waals surface area contributed by atoms with Crippen LogP contribution in [0, 0.1) is 5.92 Å². The lowest BCUT2D eigenvalue weighted by atomic mass is 9.92. The molecule has 6 nitrogen and oxygen atoms in total. The fraction of sp³-hybridized carbons (Fsp3) is 0.550. The molecule has 0 radical (unpaired) electrons. The molecule has 4 rings (SSSR count). The molecule has 138 valence electrons. The van der Waals surface area contributed by atoms with Crippen molar-refractivity contribution in [2.75, 3.05) is 19.6 Å². The second-order valence-electron chi connectivity index (χ2n) is 7.67. The first-order valence-electron chi connectivity index (χ1n) is 9.55. The normalized spacial score (nSPS) is 24.1. The maximum absolute atomic E-state index is 13.1. The standard InChI is InChI=1S/C20H25N3O3/c1-2-11-22(12-14-7-8-14)17(24)13-23-18(25)20(21-19(23)26)10-9-15-5-3-4-6-16(15)20/h3-6,14H,2,7-13H2,1H3,(H,21,26). The number of amides is 4. The molecule has 1 unspecified atom stereocenters. The highest BCUT2D eigenvalue weighted by Gasteiger charge is 2.55. The van der Waals surface area contributed by atoms with E-state index in [-0.39, 0.29) is 18.4 Å². The molecule has 4 amide bonds. The van der Waals surface area contributed by atoms with Crippen LogP contribution in [0.15, 0.2) is 24.3 Å². The molecule has 1 spiro atoms. The van der Waals surface area contributed by atoms with E-state index in [1.54, 1.807) is 0 Å². The average Bonchev–Trinajstić information content (AvgIpc) is 3.34. The topological polar surface area (TPSA) is 69.7 Å². The average molecular weight is 355 g/mol. The summed E-state index contributed by atoms with van der Waals surface area (Å²) < 4.78 is 0. The van der Waals surface area contributed by atoms with E-state index in [9.17, 15) is 14.4 Å². The maximum atomic E-state index is 13.1. The van der Waals surface area contributed by atoms with Gasteiger partial charge in [0.25, 0.3) is 5.91 Å². The number of rotatable bonds is 6. The number of hydrogen-bond donors (Lipinski definition) is 1. The molecule has 0 aromatic heterocycles. The van der Waals surface area contributed by atoms with E-state index in [2.05, 4.69) is 5.32 Å². The molecule has 1 aromatic rings. The quantitative estimate of drug-likeness (QED) is 0.794. The fourth-order valence-corrected chi connectivity index (χ4v) is 4.17. The Balaban J connectivity index is 1.52. The minimum Gasteiger partial charge on any atom is -0.341 e. The maximum Gasteiger partial charge on any atom is 0.325 e. The number of fused-ring (bicyclic) bond motifs is 2. The number of carbonyl (C=O) groups is 3. The molecule has 26 heavy (non-hydrogen) atoms. The van der Waals surface area contributed by atoms with Gasteiger partial charge < -0.3 is 10.2 Å². The predicted octanol–water partition coefficient (Wildman–Crippen LogP) is 2.03. The summed E-state index contributed by atoms with van der Waals surface area (Å²) in [4.78, 5) is 41.3. The van der Waals surface area contributed by atoms with Gasteiger partial charge in [0.15, 0.2) is 0 Å². The molecule has 6 heteroatoms. The van der Waals surface area contributed by atoms with Crippen LogP contribution in [-0.4, -0.2) is 47.3 Å². The van der Waals surface area contributed by atoms with Gasteiger partial charge >= 0.3 is 6.03 Å². The molecule has 1 saturated heterocycles. The van der Waals surface area contributed by atoms with Crippen molar-refractivity contribution < 1.29 is 14.4 Å². The molecule has 3 aliphatic rings. The first kappa shape index (κ1) is 17.1. The highest BCUT2D eigenvalue weighted by molar-refractivity contribution is 6.09. The molecule has 1 atom stereocenters. The van der Waals surface area contributed by atoms with Crippen molar-refractivity contribution in [1.82, 2.24) is 15.1 Å². The van der Waals surface area contributed by atoms with Crippen LogP contribution in [0.5, 0.6) is 0 Å². The van der Waals surface area contributed by atoms with Crippen molar-refractivity contribution in [1.29, 1.82) is 0 Å². The monoisotopic (exact) mass is 355 g/mol. The Bertz CT molecular complexity index is 758. The van der Waals surface area contributed by atoms with Gasteiger partial charge in [0.1, 0.15) is 12.1 Å². The van der Waals surface area contributed by atoms with Gasteiger partial charge in [-0.3, -0.25) is 14.5 Å². The zero-order valence-corrected chi connectivity index (χ0v) is 15.2. The summed E-state index contributed by atoms with van der Waals surface area (Å²) in [6.07, 6.45) is 4.51. The molecule has 1 aliphatic heterocycles. The molecular weight excluding hydrogens is 330 g/mol. The Kier molecular flexibility index (Phi) is 4.21. The van der Waals surface area contributed by atoms with E-state index >= 15 is 0 Å². The Morgan fingerprint density at radius 3 is 2.81 bits per heavy atom. The number of nitrogens with zero attached hydrogens (tertiary/aromatic N) is 2. The first-order chi connectivity index (χ1) is 12.5. The lowest BCUT2D eigenvalue weighted by Gasteiger charge is -2.25. The van der Waals surface area contributed by atoms with Crippen LogP contribution in [0.2, 0.25) is 0 Å². The van der Waals surface area contributed by atoms with E-state index in [4.69, 9.17) is 0 Å². The van der Waals surface area contributed by atoms with Gasteiger partial charge in [0.05, 0.1) is 0 Å². The van der Waals surface area contributed by atoms with Gasteiger partial charge in [0, 0.05) is 13.1 Å². The van der Waals surface area contributed by atoms with Gasteiger partial charge in [-0.15, -0.1) is 0 Å². The van der Waals surface area contributed by atoms with Crippen LogP contribution in [0.25, 0.3) is 0 Å². The van der Waals surface area contributed by atoms with Gasteiger partial charge in [-0.25, -0.2) is 4.79 Å². The second kappa shape index (κ2) is 6.41. The zero-order valence-electron chi connectivity index (χ0n) is 15.2. The Hall–Kier alpha value is -2.37. The summed E-state index contributed by atoms with van der Waals surface area (Å²) in [7, 11) is 0. The van der Waals surface area contributed by atoms with Crippen LogP contribution >= 0.6 is 0 Å². The Morgan fingerprint density at radius 1 is 1.31 bits per heavy atom. The summed E-state index contributed by atoms with van der Waals surface area (Å²) in [5, 5.41) is 2.88. The minimum atomic E-state index is -0.986. The van der Waals surface area contributed by atoms with E-state index in [1.165, 1.54) is 0 Å². The largest absolute Gasteiger partial charge is 0.341 e. The SMILES string of the molecule is CCCN(CC1CC1)C(=O)CN1C(=O)NC2(CCc3ccccc32)C1=O. The number of urea groups is 1. The lowest BCUT2D eigenvalue weighted by molar-refractivity contribution is -0.139. The van der Waals surface area contributed by atoms with Crippen molar-refractivity contribution in [2.24, 2.45) is 5.92 Å². The summed E-state index contributed by atoms with van der Waals surface area (Å²) in [5.74, 6) is 0.163. The van der Waals surface area contributed by atoms with E-state index in [0.29, 0.717) is 18.9 Å². The molecule has 1 aromatic carbocycles. The summed E-state index contributed by atoms with van der Waals surface area (Å²) in [6, 6.07) is 7.28. The number of imide groups is 1. The predicted molar refractivity (Wildman–Crippen MR) is 96.3 cm³/mol. The van der Waals surface area contributed by atoms with Gasteiger partial charge in [-0.1, -0.05) is 31.2 Å². The van der Waals surface area contributed by atoms with Gasteiger partial charge in [0.2, 0.25) is 5.91 Å². The second-order valence-corrected chi connectivity index (χ2v) is 7.67. The van der Waals surface area contributed by atoms with Crippen molar-refractivity contribution in [3.63, 3.8) is 0 Å². The molecule has 2 aliphatic carbocycles. The van der Waals surface area contributed by atoms with E-state index < -0.39 is 11.6 Å². The van der Waals surface area contributed by atoms with Crippen LogP contribution in [0.1, 0.15) is 43.7 Å². The van der Waals surface area contributed by atoms with Crippen molar-refractivity contribution in [3.05, 3.63) is 35.4 Å². The molecule has 0 bridgehead atoms. The number of benzene rings is 1. The smallest absolute Gasteiger partial charge is 0.325 e. The zero-order chi connectivity index (χ0) is 18.3. The lowest BCUT2D eigenvalue weighted by Crippen LogP contribution is -2.45. The third-order valence-corrected chi connectivity index (χ3v) is 5.74. The highest BCUT2D eigenvalue weighted by atomic mass is 16.2. The van der Waals surface area contributed by atoms with Crippen molar-refractivity contribution in [2.45, 2.75) is 44.6 Å². The number of nitrogens with one attached hydrogen (secondary N) is 1. The van der Waals surface area contributed by atoms with Crippen molar-refractivity contribution in [3.8, 4) is 0 Å². The molecule has 1 saturated carbocycles. The number of aryl methyl sites for hydroxylation is 1. The van der Waals surface area contributed by atoms with Crippen molar-refractivity contribution >= 4 is 17.8 Å². The van der Waals surface area contributed by atoms with Gasteiger partial charge in [-0.2, -0.15) is 0 Å². The third-order valence-electron chi connectivity index (χ3n) is 5.74. The Morgan fingerprint density at radius 2 is 2.08 bits per heavy atom. The molecule has 1 heterocycles. The van der Waals surface area contributed by atoms with Gasteiger partial charge in [-0.05, 0) is 49.1 Å². The van der Waals surface area contributed by atoms with E-state index in [1.807, 2.05) is 36.1 Å². The summed E-state index contributed by atoms with van der Waals surface area (Å²) in [6.45, 7) is 3.28. The van der Waals surface area contributed by atoms with Crippen LogP contribution in [-0.2, 0) is 21.5 Å². The molecule has 1 N–H and O–H groups in total. The highest BCUT2D eigenvalue weighted by Crippen LogP contribution is 2.41. The fourth-order valence-electron chi connectivity index (χ4n) is 4.17. The van der Waals surface area contributed by atoms with E-state index in [0.717, 1.165) is 48.3 Å². The number of hydrogen-bond acceptors (Lipinski definition) is 3. The van der Waals surface area contributed by atoms with Crippen LogP contribution in [0.3, 0.4) is 0 Å². The first-order valence-corrected chi connectivity index (χ1v) is 9.55. The number of carbonyl (C=O) groups excluding carboxylic acids is 3. The summed E-state index contributed by atoms with van der Waals surface area (Å²) >= 11 is 0. The van der Waals surface area contributed by atoms with Crippen LogP contribution in [0.4, 0.5) is 4.79 Å². The molecular formula is C20H25N3O3. The third kappa shape index (κ3) is 2.77. The Labute approximate surface area is 153 Å².